The number of nitrogens with zero attached hydrogens (tertiary/aromatic N) is 3. The molecule has 1 amide bonds. The molecule has 3 heterocycles. The Morgan fingerprint density at radius 3 is 2.78 bits per heavy atom. The van der Waals surface area contributed by atoms with Gasteiger partial charge in [-0.1, -0.05) is 0 Å². The maximum Gasteiger partial charge on any atom is 0.257 e. The van der Waals surface area contributed by atoms with Crippen LogP contribution >= 0.6 is 0 Å². The van der Waals surface area contributed by atoms with E-state index >= 15 is 0 Å². The number of hydrogen-bond acceptors (Lipinski definition) is 5. The molecule has 0 aromatic heterocycles. The Morgan fingerprint density at radius 1 is 1.35 bits per heavy atom. The predicted octanol–water partition coefficient (Wildman–Crippen LogP) is -0.0580. The van der Waals surface area contributed by atoms with Crippen LogP contribution in [0.5, 0.6) is 0 Å². The van der Waals surface area contributed by atoms with E-state index in [9.17, 15) is 13.2 Å². The smallest absolute Gasteiger partial charge is 0.257 e. The molecule has 0 radical (unpaired) electrons. The molecular formula is C15H22N4O3S. The van der Waals surface area contributed by atoms with Gasteiger partial charge >= 0.3 is 0 Å². The van der Waals surface area contributed by atoms with Crippen LogP contribution in [0, 0.1) is 5.92 Å². The molecule has 23 heavy (non-hydrogen) atoms. The molecule has 1 N–H and O–H groups in total. The lowest BCUT2D eigenvalue weighted by Gasteiger charge is -2.35. The summed E-state index contributed by atoms with van der Waals surface area (Å²) in [5.74, 6) is 0.713. The second-order valence-electron chi connectivity index (χ2n) is 6.11. The number of sulfonamides is 1. The number of nitrogens with one attached hydrogen (secondary N) is 1. The standard InChI is InChI=1S/C15H22N4O3S/c1-16-11-12-4-7-19(8-5-12)15(20)13-3-2-6-18-9-10-23(21,22)17-14(13)18/h2-3,6,12,16H,4-5,7-11H2,1H3. The third-order valence-electron chi connectivity index (χ3n) is 4.48. The Bertz CT molecular complexity index is 673. The molecule has 3 aliphatic heterocycles. The summed E-state index contributed by atoms with van der Waals surface area (Å²) in [7, 11) is -1.54. The number of rotatable bonds is 3. The van der Waals surface area contributed by atoms with Crippen molar-refractivity contribution >= 4 is 21.8 Å². The lowest BCUT2D eigenvalue weighted by molar-refractivity contribution is -0.128. The number of fused-ring (bicyclic) bond motifs is 1. The highest BCUT2D eigenvalue weighted by molar-refractivity contribution is 7.90. The van der Waals surface area contributed by atoms with Crippen molar-refractivity contribution in [1.82, 2.24) is 15.1 Å². The quantitative estimate of drug-likeness (QED) is 0.780. The molecule has 0 spiro atoms. The van der Waals surface area contributed by atoms with Crippen LogP contribution in [0.2, 0.25) is 0 Å². The van der Waals surface area contributed by atoms with Crippen molar-refractivity contribution in [2.75, 3.05) is 39.0 Å². The molecule has 0 unspecified atom stereocenters. The maximum atomic E-state index is 12.8. The Hall–Kier alpha value is -1.67. The Balaban J connectivity index is 1.76. The van der Waals surface area contributed by atoms with Crippen LogP contribution in [0.4, 0.5) is 0 Å². The molecule has 7 nitrogen and oxygen atoms in total. The van der Waals surface area contributed by atoms with Crippen LogP contribution in [-0.2, 0) is 14.8 Å². The first-order valence-electron chi connectivity index (χ1n) is 7.92. The van der Waals surface area contributed by atoms with E-state index in [1.807, 2.05) is 7.05 Å². The summed E-state index contributed by atoms with van der Waals surface area (Å²) in [5.41, 5.74) is 0.378. The summed E-state index contributed by atoms with van der Waals surface area (Å²) in [6.07, 6.45) is 7.13. The van der Waals surface area contributed by atoms with Crippen molar-refractivity contribution in [3.8, 4) is 0 Å². The molecule has 3 aliphatic rings. The largest absolute Gasteiger partial charge is 0.339 e. The third-order valence-corrected chi connectivity index (χ3v) is 5.63. The second kappa shape index (κ2) is 6.45. The van der Waals surface area contributed by atoms with E-state index in [4.69, 9.17) is 0 Å². The molecule has 0 aromatic rings. The van der Waals surface area contributed by atoms with Crippen LogP contribution < -0.4 is 5.32 Å². The van der Waals surface area contributed by atoms with Crippen LogP contribution in [-0.4, -0.2) is 68.9 Å². The molecule has 1 saturated heterocycles. The average Bonchev–Trinajstić information content (AvgIpc) is 2.54. The monoisotopic (exact) mass is 338 g/mol. The topological polar surface area (TPSA) is 82.1 Å². The number of allylic oxidation sites excluding steroid dienone is 2. The zero-order valence-corrected chi connectivity index (χ0v) is 14.1. The molecule has 1 fully saturated rings. The minimum atomic E-state index is -3.47. The van der Waals surface area contributed by atoms with Gasteiger partial charge in [-0.05, 0) is 44.5 Å². The summed E-state index contributed by atoms with van der Waals surface area (Å²) < 4.78 is 27.4. The van der Waals surface area contributed by atoms with Crippen molar-refractivity contribution < 1.29 is 13.2 Å². The summed E-state index contributed by atoms with van der Waals surface area (Å²) in [6, 6.07) is 0. The molecule has 8 heteroatoms. The zero-order valence-electron chi connectivity index (χ0n) is 13.2. The van der Waals surface area contributed by atoms with Gasteiger partial charge in [-0.25, -0.2) is 8.42 Å². The van der Waals surface area contributed by atoms with Crippen molar-refractivity contribution in [3.05, 3.63) is 23.9 Å². The zero-order chi connectivity index (χ0) is 16.4. The first kappa shape index (κ1) is 16.2. The van der Waals surface area contributed by atoms with Crippen LogP contribution in [0.1, 0.15) is 12.8 Å². The van der Waals surface area contributed by atoms with Gasteiger partial charge in [0.25, 0.3) is 15.9 Å². The van der Waals surface area contributed by atoms with E-state index in [0.717, 1.165) is 19.4 Å². The van der Waals surface area contributed by atoms with Gasteiger partial charge in [0.05, 0.1) is 11.3 Å². The van der Waals surface area contributed by atoms with Crippen LogP contribution in [0.25, 0.3) is 0 Å². The van der Waals surface area contributed by atoms with Gasteiger partial charge in [0.1, 0.15) is 0 Å². The Kier molecular flexibility index (Phi) is 4.54. The number of amides is 1. The van der Waals surface area contributed by atoms with E-state index in [1.165, 1.54) is 0 Å². The first-order valence-corrected chi connectivity index (χ1v) is 9.53. The van der Waals surface area contributed by atoms with Crippen molar-refractivity contribution in [1.29, 1.82) is 0 Å². The maximum absolute atomic E-state index is 12.8. The normalized spacial score (nSPS) is 24.0. The average molecular weight is 338 g/mol. The van der Waals surface area contributed by atoms with Crippen LogP contribution in [0.3, 0.4) is 0 Å². The minimum absolute atomic E-state index is 0.0161. The lowest BCUT2D eigenvalue weighted by Crippen LogP contribution is -2.46. The SMILES string of the molecule is CNCC1CCN(C(=O)C2=CC=CN3CCS(=O)(=O)N=C23)CC1. The highest BCUT2D eigenvalue weighted by Crippen LogP contribution is 2.22. The van der Waals surface area contributed by atoms with Gasteiger partial charge in [0.15, 0.2) is 5.84 Å². The van der Waals surface area contributed by atoms with Gasteiger partial charge < -0.3 is 15.1 Å². The number of carbonyl (C=O) groups is 1. The molecule has 0 saturated carbocycles. The summed E-state index contributed by atoms with van der Waals surface area (Å²) in [4.78, 5) is 16.3. The highest BCUT2D eigenvalue weighted by atomic mass is 32.2. The van der Waals surface area contributed by atoms with Crippen molar-refractivity contribution in [2.45, 2.75) is 12.8 Å². The molecule has 0 aliphatic carbocycles. The third kappa shape index (κ3) is 3.48. The first-order chi connectivity index (χ1) is 11.0. The lowest BCUT2D eigenvalue weighted by atomic mass is 9.96. The van der Waals surface area contributed by atoms with E-state index in [0.29, 0.717) is 31.1 Å². The van der Waals surface area contributed by atoms with Gasteiger partial charge in [0.2, 0.25) is 0 Å². The predicted molar refractivity (Wildman–Crippen MR) is 88.4 cm³/mol. The number of piperidine rings is 1. The fourth-order valence-electron chi connectivity index (χ4n) is 3.18. The number of hydrogen-bond donors (Lipinski definition) is 1. The van der Waals surface area contributed by atoms with Gasteiger partial charge in [-0.15, -0.1) is 4.40 Å². The highest BCUT2D eigenvalue weighted by Gasteiger charge is 2.33. The summed E-state index contributed by atoms with van der Waals surface area (Å²) in [5, 5.41) is 3.17. The van der Waals surface area contributed by atoms with E-state index < -0.39 is 10.0 Å². The summed E-state index contributed by atoms with van der Waals surface area (Å²) >= 11 is 0. The molecule has 3 rings (SSSR count). The molecular weight excluding hydrogens is 316 g/mol. The van der Waals surface area contributed by atoms with Crippen molar-refractivity contribution in [2.24, 2.45) is 10.3 Å². The van der Waals surface area contributed by atoms with Crippen LogP contribution in [0.15, 0.2) is 28.3 Å². The molecule has 0 aromatic carbocycles. The van der Waals surface area contributed by atoms with Gasteiger partial charge in [0, 0.05) is 25.8 Å². The molecule has 0 atom stereocenters. The van der Waals surface area contributed by atoms with E-state index in [1.54, 1.807) is 28.2 Å². The fraction of sp³-hybridized carbons (Fsp3) is 0.600. The minimum Gasteiger partial charge on any atom is -0.339 e. The Labute approximate surface area is 136 Å². The van der Waals surface area contributed by atoms with E-state index in [2.05, 4.69) is 9.71 Å². The molecule has 126 valence electrons. The van der Waals surface area contributed by atoms with Crippen molar-refractivity contribution in [3.63, 3.8) is 0 Å². The second-order valence-corrected chi connectivity index (χ2v) is 7.86. The fourth-order valence-corrected chi connectivity index (χ4v) is 4.17. The van der Waals surface area contributed by atoms with E-state index in [-0.39, 0.29) is 17.5 Å². The number of amidine groups is 1. The number of likely N-dealkylation sites (tertiary alicyclic amines) is 1. The molecule has 0 bridgehead atoms. The van der Waals surface area contributed by atoms with Gasteiger partial charge in [-0.2, -0.15) is 0 Å². The number of carbonyl (C=O) groups excluding carboxylic acids is 1. The summed E-state index contributed by atoms with van der Waals surface area (Å²) in [6.45, 7) is 2.71. The van der Waals surface area contributed by atoms with Gasteiger partial charge in [-0.3, -0.25) is 4.79 Å². The Morgan fingerprint density at radius 2 is 2.09 bits per heavy atom.